The zero-order chi connectivity index (χ0) is 18.4. The van der Waals surface area contributed by atoms with Gasteiger partial charge in [-0.3, -0.25) is 0 Å². The first kappa shape index (κ1) is 18.4. The first-order valence-electron chi connectivity index (χ1n) is 9.91. The lowest BCUT2D eigenvalue weighted by molar-refractivity contribution is -0.0152. The second-order valence-electron chi connectivity index (χ2n) is 9.02. The Balaban J connectivity index is 1.42. The molecule has 4 aliphatic carbocycles. The fourth-order valence-corrected chi connectivity index (χ4v) is 7.17. The topological polar surface area (TPSA) is 84.2 Å². The fraction of sp³-hybridized carbons (Fsp3) is 0.700. The SMILES string of the molecule is CC(CN)(CNC1C2CC3CC(C2)CC1C3)NS(=O)(=O)c1ccccc1. The van der Waals surface area contributed by atoms with E-state index < -0.39 is 15.6 Å². The number of nitrogens with two attached hydrogens (primary N) is 1. The Morgan fingerprint density at radius 3 is 2.15 bits per heavy atom. The summed E-state index contributed by atoms with van der Waals surface area (Å²) in [5.41, 5.74) is 5.29. The van der Waals surface area contributed by atoms with Gasteiger partial charge in [-0.15, -0.1) is 0 Å². The lowest BCUT2D eigenvalue weighted by Crippen LogP contribution is -2.62. The van der Waals surface area contributed by atoms with Crippen LogP contribution in [0.15, 0.2) is 35.2 Å². The average molecular weight is 378 g/mol. The molecule has 1 aromatic rings. The van der Waals surface area contributed by atoms with Gasteiger partial charge in [0, 0.05) is 19.1 Å². The monoisotopic (exact) mass is 377 g/mol. The van der Waals surface area contributed by atoms with Crippen LogP contribution in [-0.2, 0) is 10.0 Å². The first-order chi connectivity index (χ1) is 12.4. The van der Waals surface area contributed by atoms with Crippen LogP contribution in [0.2, 0.25) is 0 Å². The summed E-state index contributed by atoms with van der Waals surface area (Å²) in [7, 11) is -3.57. The molecule has 0 saturated heterocycles. The van der Waals surface area contributed by atoms with Crippen LogP contribution in [0, 0.1) is 23.7 Å². The van der Waals surface area contributed by atoms with Gasteiger partial charge in [-0.1, -0.05) is 18.2 Å². The van der Waals surface area contributed by atoms with E-state index in [1.165, 1.54) is 32.1 Å². The molecule has 1 atom stereocenters. The van der Waals surface area contributed by atoms with E-state index in [4.69, 9.17) is 5.73 Å². The molecule has 0 heterocycles. The zero-order valence-corrected chi connectivity index (χ0v) is 16.3. The van der Waals surface area contributed by atoms with Gasteiger partial charge in [0.05, 0.1) is 10.4 Å². The summed E-state index contributed by atoms with van der Waals surface area (Å²) in [6, 6.07) is 9.04. The fourth-order valence-electron chi connectivity index (χ4n) is 5.73. The quantitative estimate of drug-likeness (QED) is 0.679. The molecule has 1 unspecified atom stereocenters. The minimum absolute atomic E-state index is 0.263. The number of nitrogens with one attached hydrogen (secondary N) is 2. The third-order valence-corrected chi connectivity index (χ3v) is 8.49. The molecule has 6 heteroatoms. The van der Waals surface area contributed by atoms with Crippen LogP contribution in [0.1, 0.15) is 39.0 Å². The Bertz CT molecular complexity index is 709. The van der Waals surface area contributed by atoms with E-state index in [1.807, 2.05) is 13.0 Å². The molecular weight excluding hydrogens is 346 g/mol. The largest absolute Gasteiger partial charge is 0.329 e. The van der Waals surface area contributed by atoms with E-state index in [0.29, 0.717) is 12.6 Å². The predicted octanol–water partition coefficient (Wildman–Crippen LogP) is 2.10. The summed E-state index contributed by atoms with van der Waals surface area (Å²) in [4.78, 5) is 0.286. The van der Waals surface area contributed by atoms with Gasteiger partial charge in [0.1, 0.15) is 0 Å². The second-order valence-corrected chi connectivity index (χ2v) is 10.7. The molecule has 4 bridgehead atoms. The Morgan fingerprint density at radius 1 is 1.04 bits per heavy atom. The predicted molar refractivity (Wildman–Crippen MR) is 103 cm³/mol. The molecule has 0 spiro atoms. The van der Waals surface area contributed by atoms with Crippen molar-refractivity contribution in [3.05, 3.63) is 30.3 Å². The van der Waals surface area contributed by atoms with Gasteiger partial charge in [0.2, 0.25) is 10.0 Å². The summed E-state index contributed by atoms with van der Waals surface area (Å²) in [5, 5.41) is 3.72. The molecule has 4 saturated carbocycles. The van der Waals surface area contributed by atoms with E-state index >= 15 is 0 Å². The third-order valence-electron chi connectivity index (χ3n) is 6.84. The Kier molecular flexibility index (Phi) is 4.88. The van der Waals surface area contributed by atoms with Crippen molar-refractivity contribution in [2.24, 2.45) is 29.4 Å². The lowest BCUT2D eigenvalue weighted by atomic mass is 9.54. The van der Waals surface area contributed by atoms with Crippen LogP contribution in [0.25, 0.3) is 0 Å². The molecule has 0 aliphatic heterocycles. The van der Waals surface area contributed by atoms with Gasteiger partial charge in [0.15, 0.2) is 0 Å². The molecule has 5 rings (SSSR count). The van der Waals surface area contributed by atoms with Gasteiger partial charge >= 0.3 is 0 Å². The minimum atomic E-state index is -3.57. The summed E-state index contributed by atoms with van der Waals surface area (Å²) in [6.07, 6.45) is 6.83. The molecule has 0 amide bonds. The number of benzene rings is 1. The molecule has 26 heavy (non-hydrogen) atoms. The van der Waals surface area contributed by atoms with E-state index in [-0.39, 0.29) is 11.4 Å². The Hall–Kier alpha value is -0.950. The molecular formula is C20H31N3O2S. The van der Waals surface area contributed by atoms with Gasteiger partial charge in [-0.2, -0.15) is 0 Å². The van der Waals surface area contributed by atoms with Crippen LogP contribution >= 0.6 is 0 Å². The van der Waals surface area contributed by atoms with E-state index in [2.05, 4.69) is 10.0 Å². The van der Waals surface area contributed by atoms with Crippen LogP contribution in [0.5, 0.6) is 0 Å². The number of sulfonamides is 1. The van der Waals surface area contributed by atoms with Crippen molar-refractivity contribution in [3.63, 3.8) is 0 Å². The summed E-state index contributed by atoms with van der Waals surface area (Å²) in [5.74, 6) is 3.40. The van der Waals surface area contributed by atoms with Crippen LogP contribution in [0.4, 0.5) is 0 Å². The summed E-state index contributed by atoms with van der Waals surface area (Å²) < 4.78 is 28.3. The van der Waals surface area contributed by atoms with Crippen molar-refractivity contribution in [3.8, 4) is 0 Å². The van der Waals surface area contributed by atoms with Crippen LogP contribution in [-0.4, -0.2) is 33.1 Å². The lowest BCUT2D eigenvalue weighted by Gasteiger charge is -2.55. The first-order valence-corrected chi connectivity index (χ1v) is 11.4. The molecule has 4 fully saturated rings. The van der Waals surface area contributed by atoms with E-state index in [0.717, 1.165) is 23.7 Å². The van der Waals surface area contributed by atoms with Crippen molar-refractivity contribution >= 4 is 10.0 Å². The Morgan fingerprint density at radius 2 is 1.62 bits per heavy atom. The number of hydrogen-bond donors (Lipinski definition) is 3. The smallest absolute Gasteiger partial charge is 0.241 e. The molecule has 4 aliphatic rings. The number of hydrogen-bond acceptors (Lipinski definition) is 4. The summed E-state index contributed by atoms with van der Waals surface area (Å²) in [6.45, 7) is 2.73. The highest BCUT2D eigenvalue weighted by Gasteiger charge is 2.48. The maximum atomic E-state index is 12.7. The van der Waals surface area contributed by atoms with Gasteiger partial charge in [0.25, 0.3) is 0 Å². The maximum Gasteiger partial charge on any atom is 0.241 e. The molecule has 5 nitrogen and oxygen atoms in total. The third kappa shape index (κ3) is 3.57. The highest BCUT2D eigenvalue weighted by Crippen LogP contribution is 2.53. The van der Waals surface area contributed by atoms with Crippen molar-refractivity contribution in [2.75, 3.05) is 13.1 Å². The molecule has 4 N–H and O–H groups in total. The van der Waals surface area contributed by atoms with Gasteiger partial charge in [-0.25, -0.2) is 13.1 Å². The Labute approximate surface area is 157 Å². The van der Waals surface area contributed by atoms with E-state index in [1.54, 1.807) is 24.3 Å². The van der Waals surface area contributed by atoms with E-state index in [9.17, 15) is 8.42 Å². The standard InChI is InChI=1S/C20H31N3O2S/c1-20(12-21,23-26(24,25)18-5-3-2-4-6-18)13-22-19-16-8-14-7-15(10-16)11-17(19)9-14/h2-6,14-17,19,22-23H,7-13,21H2,1H3. The average Bonchev–Trinajstić information content (AvgIpc) is 2.61. The molecule has 0 radical (unpaired) electrons. The normalized spacial score (nSPS) is 35.4. The molecule has 0 aromatic heterocycles. The molecule has 1 aromatic carbocycles. The molecule has 144 valence electrons. The zero-order valence-electron chi connectivity index (χ0n) is 15.5. The van der Waals surface area contributed by atoms with Crippen LogP contribution in [0.3, 0.4) is 0 Å². The van der Waals surface area contributed by atoms with Crippen molar-refractivity contribution in [1.82, 2.24) is 10.0 Å². The van der Waals surface area contributed by atoms with Crippen LogP contribution < -0.4 is 15.8 Å². The summed E-state index contributed by atoms with van der Waals surface area (Å²) >= 11 is 0. The van der Waals surface area contributed by atoms with Gasteiger partial charge < -0.3 is 11.1 Å². The highest BCUT2D eigenvalue weighted by molar-refractivity contribution is 7.89. The minimum Gasteiger partial charge on any atom is -0.329 e. The highest BCUT2D eigenvalue weighted by atomic mass is 32.2. The van der Waals surface area contributed by atoms with Crippen molar-refractivity contribution < 1.29 is 8.42 Å². The van der Waals surface area contributed by atoms with Gasteiger partial charge in [-0.05, 0) is 74.8 Å². The van der Waals surface area contributed by atoms with Crippen molar-refractivity contribution in [1.29, 1.82) is 0 Å². The maximum absolute atomic E-state index is 12.7. The van der Waals surface area contributed by atoms with Crippen molar-refractivity contribution in [2.45, 2.75) is 55.5 Å². The number of rotatable bonds is 7. The second kappa shape index (κ2) is 6.89.